The van der Waals surface area contributed by atoms with Crippen molar-refractivity contribution in [2.45, 2.75) is 13.0 Å². The fourth-order valence-electron chi connectivity index (χ4n) is 3.77. The van der Waals surface area contributed by atoms with Crippen LogP contribution in [0.15, 0.2) is 78.4 Å². The average molecular weight is 449 g/mol. The minimum absolute atomic E-state index is 0.102. The van der Waals surface area contributed by atoms with Gasteiger partial charge in [-0.3, -0.25) is 24.6 Å². The van der Waals surface area contributed by atoms with Gasteiger partial charge < -0.3 is 5.11 Å². The van der Waals surface area contributed by atoms with Crippen LogP contribution in [0.4, 0.5) is 11.4 Å². The molecule has 1 heterocycles. The fourth-order valence-corrected chi connectivity index (χ4v) is 3.90. The summed E-state index contributed by atoms with van der Waals surface area (Å²) in [7, 11) is 0. The predicted octanol–water partition coefficient (Wildman–Crippen LogP) is 5.18. The quantitative estimate of drug-likeness (QED) is 0.195. The molecule has 0 radical (unpaired) electrons. The number of hydrogen-bond donors (Lipinski definition) is 1. The molecule has 3 aromatic rings. The first-order valence-electron chi connectivity index (χ1n) is 9.66. The number of aryl methyl sites for hydroxylation is 1. The Labute approximate surface area is 188 Å². The third-order valence-corrected chi connectivity index (χ3v) is 5.61. The van der Waals surface area contributed by atoms with Crippen LogP contribution in [0.2, 0.25) is 5.02 Å². The molecule has 1 unspecified atom stereocenters. The average Bonchev–Trinajstić information content (AvgIpc) is 3.05. The second-order valence-electron chi connectivity index (χ2n) is 7.31. The number of benzene rings is 3. The topological polar surface area (TPSA) is 101 Å². The van der Waals surface area contributed by atoms with Gasteiger partial charge in [0.05, 0.1) is 16.5 Å². The summed E-state index contributed by atoms with van der Waals surface area (Å²) >= 11 is 5.93. The van der Waals surface area contributed by atoms with Crippen molar-refractivity contribution in [3.63, 3.8) is 0 Å². The van der Waals surface area contributed by atoms with Crippen LogP contribution in [0.3, 0.4) is 0 Å². The van der Waals surface area contributed by atoms with E-state index < -0.39 is 22.7 Å². The van der Waals surface area contributed by atoms with Crippen LogP contribution in [0.1, 0.15) is 22.7 Å². The summed E-state index contributed by atoms with van der Waals surface area (Å²) in [5.41, 5.74) is 1.81. The number of para-hydroxylation sites is 1. The van der Waals surface area contributed by atoms with Gasteiger partial charge in [0, 0.05) is 28.4 Å². The van der Waals surface area contributed by atoms with E-state index in [-0.39, 0.29) is 17.0 Å². The minimum atomic E-state index is -0.965. The molecule has 0 saturated carbocycles. The predicted molar refractivity (Wildman–Crippen MR) is 121 cm³/mol. The van der Waals surface area contributed by atoms with E-state index in [1.165, 1.54) is 29.2 Å². The van der Waals surface area contributed by atoms with Crippen molar-refractivity contribution in [1.29, 1.82) is 0 Å². The van der Waals surface area contributed by atoms with E-state index in [4.69, 9.17) is 11.6 Å². The van der Waals surface area contributed by atoms with E-state index >= 15 is 0 Å². The highest BCUT2D eigenvalue weighted by Gasteiger charge is 2.47. The molecular formula is C24H17ClN2O5. The number of amides is 1. The summed E-state index contributed by atoms with van der Waals surface area (Å²) in [6.45, 7) is 1.81. The summed E-state index contributed by atoms with van der Waals surface area (Å²) in [6.07, 6.45) is 0. The van der Waals surface area contributed by atoms with Crippen molar-refractivity contribution < 1.29 is 19.6 Å². The molecule has 1 aliphatic heterocycles. The lowest BCUT2D eigenvalue weighted by molar-refractivity contribution is -0.384. The maximum absolute atomic E-state index is 13.1. The lowest BCUT2D eigenvalue weighted by atomic mass is 9.94. The molecule has 1 amide bonds. The van der Waals surface area contributed by atoms with Crippen LogP contribution in [0.5, 0.6) is 0 Å². The van der Waals surface area contributed by atoms with Crippen molar-refractivity contribution in [3.05, 3.63) is 110 Å². The zero-order valence-electron chi connectivity index (χ0n) is 16.9. The molecule has 160 valence electrons. The first-order valence-corrected chi connectivity index (χ1v) is 10.0. The maximum atomic E-state index is 13.1. The SMILES string of the molecule is Cc1ccccc1N1C(=O)C(=O)C(=C(O)c2ccc(Cl)cc2)C1c1ccc([N+](=O)[O-])cc1. The van der Waals surface area contributed by atoms with Gasteiger partial charge in [0.1, 0.15) is 5.76 Å². The number of rotatable bonds is 4. The number of hydrogen-bond acceptors (Lipinski definition) is 5. The number of nitrogens with zero attached hydrogens (tertiary/aromatic N) is 2. The van der Waals surface area contributed by atoms with Gasteiger partial charge in [-0.05, 0) is 60.5 Å². The molecule has 0 spiro atoms. The van der Waals surface area contributed by atoms with Crippen LogP contribution in [-0.4, -0.2) is 21.7 Å². The molecule has 32 heavy (non-hydrogen) atoms. The molecule has 7 nitrogen and oxygen atoms in total. The highest BCUT2D eigenvalue weighted by Crippen LogP contribution is 2.43. The number of aliphatic hydroxyl groups excluding tert-OH is 1. The standard InChI is InChI=1S/C24H17ClN2O5/c1-14-4-2-3-5-19(14)26-21(15-8-12-18(13-9-15)27(31)32)20(23(29)24(26)30)22(28)16-6-10-17(25)11-7-16/h2-13,21,28H,1H3. The van der Waals surface area contributed by atoms with E-state index in [2.05, 4.69) is 0 Å². The van der Waals surface area contributed by atoms with E-state index in [0.717, 1.165) is 5.56 Å². The first kappa shape index (κ1) is 21.3. The number of carbonyl (C=O) groups excluding carboxylic acids is 2. The Morgan fingerprint density at radius 3 is 2.22 bits per heavy atom. The second-order valence-corrected chi connectivity index (χ2v) is 7.75. The van der Waals surface area contributed by atoms with Crippen molar-refractivity contribution >= 4 is 40.4 Å². The van der Waals surface area contributed by atoms with Gasteiger partial charge in [0.25, 0.3) is 17.4 Å². The smallest absolute Gasteiger partial charge is 0.300 e. The molecule has 1 N–H and O–H groups in total. The Hall–Kier alpha value is -3.97. The lowest BCUT2D eigenvalue weighted by Crippen LogP contribution is -2.30. The zero-order valence-corrected chi connectivity index (χ0v) is 17.6. The van der Waals surface area contributed by atoms with Gasteiger partial charge in [0.2, 0.25) is 0 Å². The number of Topliss-reactive ketones (excluding diaryl/α,β-unsaturated/α-hetero) is 1. The van der Waals surface area contributed by atoms with Gasteiger partial charge in [-0.2, -0.15) is 0 Å². The second kappa shape index (κ2) is 8.28. The van der Waals surface area contributed by atoms with E-state index in [9.17, 15) is 24.8 Å². The van der Waals surface area contributed by atoms with Crippen LogP contribution >= 0.6 is 11.6 Å². The monoisotopic (exact) mass is 448 g/mol. The number of nitro groups is 1. The van der Waals surface area contributed by atoms with Gasteiger partial charge in [-0.1, -0.05) is 29.8 Å². The normalized spacial score (nSPS) is 17.6. The molecule has 1 fully saturated rings. The summed E-state index contributed by atoms with van der Waals surface area (Å²) in [5, 5.41) is 22.6. The number of aliphatic hydroxyl groups is 1. The summed E-state index contributed by atoms with van der Waals surface area (Å²) in [6, 6.07) is 17.9. The van der Waals surface area contributed by atoms with Crippen molar-refractivity contribution in [2.24, 2.45) is 0 Å². The van der Waals surface area contributed by atoms with Gasteiger partial charge in [-0.25, -0.2) is 0 Å². The molecule has 1 aliphatic rings. The van der Waals surface area contributed by atoms with Crippen molar-refractivity contribution in [3.8, 4) is 0 Å². The zero-order chi connectivity index (χ0) is 23.0. The lowest BCUT2D eigenvalue weighted by Gasteiger charge is -2.26. The summed E-state index contributed by atoms with van der Waals surface area (Å²) in [4.78, 5) is 38.1. The minimum Gasteiger partial charge on any atom is -0.507 e. The number of nitro benzene ring substituents is 1. The Morgan fingerprint density at radius 1 is 1.00 bits per heavy atom. The molecule has 3 aromatic carbocycles. The molecule has 4 rings (SSSR count). The van der Waals surface area contributed by atoms with Crippen LogP contribution < -0.4 is 4.90 Å². The van der Waals surface area contributed by atoms with E-state index in [1.54, 1.807) is 49.4 Å². The van der Waals surface area contributed by atoms with Crippen molar-refractivity contribution in [2.75, 3.05) is 4.90 Å². The van der Waals surface area contributed by atoms with Gasteiger partial charge in [0.15, 0.2) is 0 Å². The third kappa shape index (κ3) is 3.63. The molecule has 8 heteroatoms. The molecular weight excluding hydrogens is 432 g/mol. The first-order chi connectivity index (χ1) is 15.3. The molecule has 0 aromatic heterocycles. The number of non-ortho nitro benzene ring substituents is 1. The van der Waals surface area contributed by atoms with E-state index in [0.29, 0.717) is 21.8 Å². The Bertz CT molecular complexity index is 1270. The Morgan fingerprint density at radius 2 is 1.62 bits per heavy atom. The Balaban J connectivity index is 1.95. The van der Waals surface area contributed by atoms with Gasteiger partial charge >= 0.3 is 0 Å². The highest BCUT2D eigenvalue weighted by molar-refractivity contribution is 6.51. The molecule has 0 bridgehead atoms. The number of ketones is 1. The summed E-state index contributed by atoms with van der Waals surface area (Å²) in [5.74, 6) is -1.98. The van der Waals surface area contributed by atoms with E-state index in [1.807, 2.05) is 6.07 Å². The van der Waals surface area contributed by atoms with Crippen molar-refractivity contribution in [1.82, 2.24) is 0 Å². The molecule has 1 saturated heterocycles. The number of halogens is 1. The molecule has 0 aliphatic carbocycles. The number of anilines is 1. The Kier molecular flexibility index (Phi) is 5.50. The van der Waals surface area contributed by atoms with Gasteiger partial charge in [-0.15, -0.1) is 0 Å². The molecule has 1 atom stereocenters. The van der Waals surface area contributed by atoms with Crippen LogP contribution in [-0.2, 0) is 9.59 Å². The van der Waals surface area contributed by atoms with Crippen LogP contribution in [0.25, 0.3) is 5.76 Å². The largest absolute Gasteiger partial charge is 0.507 e. The highest BCUT2D eigenvalue weighted by atomic mass is 35.5. The maximum Gasteiger partial charge on any atom is 0.300 e. The fraction of sp³-hybridized carbons (Fsp3) is 0.0833. The summed E-state index contributed by atoms with van der Waals surface area (Å²) < 4.78 is 0. The third-order valence-electron chi connectivity index (χ3n) is 5.36. The number of carbonyl (C=O) groups is 2. The van der Waals surface area contributed by atoms with Crippen LogP contribution in [0, 0.1) is 17.0 Å².